The third-order valence-electron chi connectivity index (χ3n) is 5.99. The van der Waals surface area contributed by atoms with E-state index in [9.17, 15) is 19.7 Å². The number of hydrogen-bond donors (Lipinski definition) is 3. The highest BCUT2D eigenvalue weighted by atomic mass is 16.6. The van der Waals surface area contributed by atoms with Gasteiger partial charge in [-0.25, -0.2) is 0 Å². The van der Waals surface area contributed by atoms with Crippen LogP contribution in [0.1, 0.15) is 28.9 Å². The molecule has 1 aromatic heterocycles. The van der Waals surface area contributed by atoms with E-state index in [0.717, 1.165) is 44.5 Å². The molecule has 2 amide bonds. The maximum absolute atomic E-state index is 12.6. The molecule has 0 saturated carbocycles. The summed E-state index contributed by atoms with van der Waals surface area (Å²) in [6.45, 7) is 2.67. The quantitative estimate of drug-likeness (QED) is 0.387. The van der Waals surface area contributed by atoms with Gasteiger partial charge in [0.05, 0.1) is 4.92 Å². The van der Waals surface area contributed by atoms with Gasteiger partial charge in [0, 0.05) is 29.6 Å². The monoisotopic (exact) mass is 435 g/mol. The van der Waals surface area contributed by atoms with Crippen LogP contribution in [0, 0.1) is 16.0 Å². The Labute approximate surface area is 184 Å². The molecule has 2 heterocycles. The number of non-ortho nitro benzene ring substituents is 1. The molecular formula is C23H25N5O4. The Morgan fingerprint density at radius 3 is 2.53 bits per heavy atom. The van der Waals surface area contributed by atoms with Crippen molar-refractivity contribution in [3.8, 4) is 0 Å². The van der Waals surface area contributed by atoms with Gasteiger partial charge in [0.25, 0.3) is 11.6 Å². The van der Waals surface area contributed by atoms with Gasteiger partial charge in [0.1, 0.15) is 11.2 Å². The van der Waals surface area contributed by atoms with Crippen molar-refractivity contribution in [1.29, 1.82) is 0 Å². The van der Waals surface area contributed by atoms with Crippen molar-refractivity contribution in [2.75, 3.05) is 25.0 Å². The molecule has 4 N–H and O–H groups in total. The molecule has 0 spiro atoms. The largest absolute Gasteiger partial charge is 0.369 e. The Kier molecular flexibility index (Phi) is 6.18. The number of carbonyl (C=O) groups excluding carboxylic acids is 2. The summed E-state index contributed by atoms with van der Waals surface area (Å²) in [5, 5.41) is 14.6. The maximum Gasteiger partial charge on any atom is 0.293 e. The van der Waals surface area contributed by atoms with Crippen LogP contribution in [0.5, 0.6) is 0 Å². The Balaban J connectivity index is 1.33. The van der Waals surface area contributed by atoms with Gasteiger partial charge in [-0.2, -0.15) is 0 Å². The summed E-state index contributed by atoms with van der Waals surface area (Å²) in [6.07, 6.45) is 2.51. The zero-order valence-corrected chi connectivity index (χ0v) is 17.5. The number of H-pyrrole nitrogens is 1. The van der Waals surface area contributed by atoms with E-state index in [0.29, 0.717) is 16.6 Å². The number of hydrogen-bond acceptors (Lipinski definition) is 5. The van der Waals surface area contributed by atoms with Crippen LogP contribution in [0.15, 0.2) is 48.5 Å². The molecule has 4 rings (SSSR count). The SMILES string of the molecule is NC(=O)C1CCN(CCc2ccc(NC(=O)c3cc4cccc([N+](=O)[O-])c4[nH]3)cc2)CC1. The molecule has 1 saturated heterocycles. The number of nitrogens with one attached hydrogen (secondary N) is 2. The second-order valence-corrected chi connectivity index (χ2v) is 8.10. The topological polar surface area (TPSA) is 134 Å². The fourth-order valence-corrected chi connectivity index (χ4v) is 4.10. The van der Waals surface area contributed by atoms with E-state index in [1.807, 2.05) is 24.3 Å². The Hall–Kier alpha value is -3.72. The third kappa shape index (κ3) is 4.78. The number of likely N-dealkylation sites (tertiary alicyclic amines) is 1. The van der Waals surface area contributed by atoms with Crippen LogP contribution < -0.4 is 11.1 Å². The van der Waals surface area contributed by atoms with Crippen LogP contribution in [-0.2, 0) is 11.2 Å². The van der Waals surface area contributed by atoms with Crippen LogP contribution in [0.25, 0.3) is 10.9 Å². The summed E-state index contributed by atoms with van der Waals surface area (Å²) < 4.78 is 0. The molecular weight excluding hydrogens is 410 g/mol. The van der Waals surface area contributed by atoms with Crippen LogP contribution in [-0.4, -0.2) is 46.3 Å². The van der Waals surface area contributed by atoms with E-state index in [1.165, 1.54) is 6.07 Å². The van der Waals surface area contributed by atoms with Gasteiger partial charge in [-0.15, -0.1) is 0 Å². The lowest BCUT2D eigenvalue weighted by Crippen LogP contribution is -2.39. The number of nitro groups is 1. The number of para-hydroxylation sites is 1. The number of nitro benzene ring substituents is 1. The molecule has 0 aliphatic carbocycles. The van der Waals surface area contributed by atoms with Crippen molar-refractivity contribution in [2.24, 2.45) is 11.7 Å². The highest BCUT2D eigenvalue weighted by Gasteiger charge is 2.22. The van der Waals surface area contributed by atoms with Crippen molar-refractivity contribution in [1.82, 2.24) is 9.88 Å². The lowest BCUT2D eigenvalue weighted by atomic mass is 9.96. The molecule has 0 bridgehead atoms. The number of benzene rings is 2. The first-order valence-corrected chi connectivity index (χ1v) is 10.6. The second-order valence-electron chi connectivity index (χ2n) is 8.10. The number of nitrogens with zero attached hydrogens (tertiary/aromatic N) is 2. The van der Waals surface area contributed by atoms with Gasteiger partial charge in [0.15, 0.2) is 0 Å². The Morgan fingerprint density at radius 1 is 1.16 bits per heavy atom. The van der Waals surface area contributed by atoms with E-state index >= 15 is 0 Å². The van der Waals surface area contributed by atoms with E-state index < -0.39 is 4.92 Å². The average molecular weight is 435 g/mol. The molecule has 0 unspecified atom stereocenters. The summed E-state index contributed by atoms with van der Waals surface area (Å²) in [5.41, 5.74) is 7.71. The molecule has 9 nitrogen and oxygen atoms in total. The van der Waals surface area contributed by atoms with Gasteiger partial charge in [-0.3, -0.25) is 19.7 Å². The Morgan fingerprint density at radius 2 is 1.88 bits per heavy atom. The zero-order chi connectivity index (χ0) is 22.7. The number of amides is 2. The second kappa shape index (κ2) is 9.19. The number of nitrogens with two attached hydrogens (primary N) is 1. The molecule has 1 aliphatic rings. The standard InChI is InChI=1S/C23H25N5O4/c24-22(29)16-9-12-27(13-10-16)11-8-15-4-6-18(7-5-15)25-23(30)19-14-17-2-1-3-20(28(31)32)21(17)26-19/h1-7,14,16,26H,8-13H2,(H2,24,29)(H,25,30). The summed E-state index contributed by atoms with van der Waals surface area (Å²) in [7, 11) is 0. The molecule has 166 valence electrons. The van der Waals surface area contributed by atoms with Gasteiger partial charge < -0.3 is 20.9 Å². The number of anilines is 1. The lowest BCUT2D eigenvalue weighted by Gasteiger charge is -2.30. The minimum Gasteiger partial charge on any atom is -0.369 e. The fourth-order valence-electron chi connectivity index (χ4n) is 4.10. The highest BCUT2D eigenvalue weighted by molar-refractivity contribution is 6.06. The van der Waals surface area contributed by atoms with Crippen LogP contribution in [0.3, 0.4) is 0 Å². The molecule has 0 atom stereocenters. The van der Waals surface area contributed by atoms with Gasteiger partial charge in [-0.1, -0.05) is 24.3 Å². The third-order valence-corrected chi connectivity index (χ3v) is 5.99. The zero-order valence-electron chi connectivity index (χ0n) is 17.5. The highest BCUT2D eigenvalue weighted by Crippen LogP contribution is 2.26. The molecule has 2 aromatic carbocycles. The maximum atomic E-state index is 12.6. The van der Waals surface area contributed by atoms with E-state index in [4.69, 9.17) is 5.73 Å². The first kappa shape index (κ1) is 21.5. The predicted molar refractivity (Wildman–Crippen MR) is 121 cm³/mol. The fraction of sp³-hybridized carbons (Fsp3) is 0.304. The number of aromatic amines is 1. The average Bonchev–Trinajstić information content (AvgIpc) is 3.23. The Bertz CT molecular complexity index is 1150. The smallest absolute Gasteiger partial charge is 0.293 e. The number of piperidine rings is 1. The van der Waals surface area contributed by atoms with Gasteiger partial charge in [0.2, 0.25) is 5.91 Å². The first-order chi connectivity index (χ1) is 15.4. The molecule has 3 aromatic rings. The number of rotatable bonds is 7. The van der Waals surface area contributed by atoms with Crippen LogP contribution >= 0.6 is 0 Å². The number of fused-ring (bicyclic) bond motifs is 1. The van der Waals surface area contributed by atoms with Crippen molar-refractivity contribution >= 4 is 34.1 Å². The van der Waals surface area contributed by atoms with Crippen molar-refractivity contribution < 1.29 is 14.5 Å². The summed E-state index contributed by atoms with van der Waals surface area (Å²) in [5.74, 6) is -0.564. The number of carbonyl (C=O) groups is 2. The van der Waals surface area contributed by atoms with E-state index in [2.05, 4.69) is 15.2 Å². The molecule has 1 fully saturated rings. The molecule has 32 heavy (non-hydrogen) atoms. The molecule has 1 aliphatic heterocycles. The normalized spacial score (nSPS) is 15.0. The van der Waals surface area contributed by atoms with Crippen molar-refractivity contribution in [3.05, 3.63) is 69.9 Å². The summed E-state index contributed by atoms with van der Waals surface area (Å²) >= 11 is 0. The summed E-state index contributed by atoms with van der Waals surface area (Å²) in [4.78, 5) is 39.8. The molecule has 9 heteroatoms. The van der Waals surface area contributed by atoms with Crippen LogP contribution in [0.2, 0.25) is 0 Å². The van der Waals surface area contributed by atoms with Crippen molar-refractivity contribution in [2.45, 2.75) is 19.3 Å². The number of aromatic nitrogens is 1. The lowest BCUT2D eigenvalue weighted by molar-refractivity contribution is -0.383. The molecule has 0 radical (unpaired) electrons. The van der Waals surface area contributed by atoms with Gasteiger partial charge in [-0.05, 0) is 56.1 Å². The minimum absolute atomic E-state index is 0.00227. The first-order valence-electron chi connectivity index (χ1n) is 10.6. The van der Waals surface area contributed by atoms with E-state index in [1.54, 1.807) is 18.2 Å². The number of primary amides is 1. The van der Waals surface area contributed by atoms with Crippen LogP contribution in [0.4, 0.5) is 11.4 Å². The summed E-state index contributed by atoms with van der Waals surface area (Å²) in [6, 6.07) is 14.0. The van der Waals surface area contributed by atoms with E-state index in [-0.39, 0.29) is 29.1 Å². The minimum atomic E-state index is -0.473. The van der Waals surface area contributed by atoms with Gasteiger partial charge >= 0.3 is 0 Å². The van der Waals surface area contributed by atoms with Crippen molar-refractivity contribution in [3.63, 3.8) is 0 Å². The predicted octanol–water partition coefficient (Wildman–Crippen LogP) is 3.07.